The first-order valence-corrected chi connectivity index (χ1v) is 8.53. The molecule has 112 valence electrons. The van der Waals surface area contributed by atoms with Gasteiger partial charge in [-0.3, -0.25) is 0 Å². The Bertz CT molecular complexity index is 585. The van der Waals surface area contributed by atoms with Crippen molar-refractivity contribution in [3.8, 4) is 0 Å². The Kier molecular flexibility index (Phi) is 4.56. The van der Waals surface area contributed by atoms with Crippen LogP contribution >= 0.6 is 11.6 Å². The molecule has 0 unspecified atom stereocenters. The second-order valence-electron chi connectivity index (χ2n) is 5.36. The third kappa shape index (κ3) is 3.24. The second-order valence-corrected chi connectivity index (χ2v) is 7.66. The van der Waals surface area contributed by atoms with Crippen LogP contribution < -0.4 is 5.32 Å². The highest BCUT2D eigenvalue weighted by Crippen LogP contribution is 2.33. The molecule has 7 heteroatoms. The first-order chi connectivity index (χ1) is 9.36. The van der Waals surface area contributed by atoms with E-state index in [-0.39, 0.29) is 10.9 Å². The van der Waals surface area contributed by atoms with Gasteiger partial charge in [-0.1, -0.05) is 11.6 Å². The summed E-state index contributed by atoms with van der Waals surface area (Å²) in [6, 6.07) is 1.38. The Morgan fingerprint density at radius 2 is 2.15 bits per heavy atom. The first kappa shape index (κ1) is 15.5. The molecule has 1 saturated carbocycles. The van der Waals surface area contributed by atoms with Gasteiger partial charge in [-0.2, -0.15) is 4.31 Å². The van der Waals surface area contributed by atoms with Crippen molar-refractivity contribution >= 4 is 27.4 Å². The van der Waals surface area contributed by atoms with Gasteiger partial charge in [0.1, 0.15) is 10.7 Å². The average Bonchev–Trinajstić information content (AvgIpc) is 3.19. The van der Waals surface area contributed by atoms with Crippen molar-refractivity contribution in [1.82, 2.24) is 9.29 Å². The molecule has 1 aromatic rings. The summed E-state index contributed by atoms with van der Waals surface area (Å²) in [5.41, 5.74) is 0. The minimum atomic E-state index is -3.54. The van der Waals surface area contributed by atoms with E-state index in [0.717, 1.165) is 12.8 Å². The summed E-state index contributed by atoms with van der Waals surface area (Å²) >= 11 is 6.03. The Hall–Kier alpha value is -0.850. The zero-order chi connectivity index (χ0) is 14.9. The monoisotopic (exact) mass is 317 g/mol. The van der Waals surface area contributed by atoms with E-state index in [4.69, 9.17) is 11.6 Å². The van der Waals surface area contributed by atoms with Gasteiger partial charge in [0.2, 0.25) is 10.0 Å². The van der Waals surface area contributed by atoms with Crippen LogP contribution in [0, 0.1) is 5.92 Å². The molecule has 1 aromatic heterocycles. The van der Waals surface area contributed by atoms with Crippen LogP contribution in [-0.2, 0) is 10.0 Å². The molecule has 5 nitrogen and oxygen atoms in total. The van der Waals surface area contributed by atoms with Crippen molar-refractivity contribution in [2.45, 2.75) is 37.6 Å². The van der Waals surface area contributed by atoms with Crippen LogP contribution in [0.15, 0.2) is 17.2 Å². The molecule has 0 aliphatic heterocycles. The van der Waals surface area contributed by atoms with E-state index in [2.05, 4.69) is 10.3 Å². The van der Waals surface area contributed by atoms with Gasteiger partial charge in [0, 0.05) is 25.8 Å². The summed E-state index contributed by atoms with van der Waals surface area (Å²) in [6.45, 7) is 4.35. The van der Waals surface area contributed by atoms with Crippen LogP contribution in [0.1, 0.15) is 26.7 Å². The fourth-order valence-corrected chi connectivity index (χ4v) is 4.03. The number of hydrogen-bond acceptors (Lipinski definition) is 4. The number of nitrogens with one attached hydrogen (secondary N) is 1. The number of pyridine rings is 1. The fourth-order valence-electron chi connectivity index (χ4n) is 2.02. The van der Waals surface area contributed by atoms with E-state index in [1.54, 1.807) is 7.05 Å². The van der Waals surface area contributed by atoms with E-state index in [1.807, 2.05) is 13.8 Å². The Balaban J connectivity index is 2.33. The lowest BCUT2D eigenvalue weighted by Crippen LogP contribution is -2.38. The summed E-state index contributed by atoms with van der Waals surface area (Å²) in [4.78, 5) is 4.20. The maximum atomic E-state index is 12.7. The highest BCUT2D eigenvalue weighted by Gasteiger charge is 2.33. The molecule has 0 radical (unpaired) electrons. The van der Waals surface area contributed by atoms with Gasteiger partial charge in [0.05, 0.1) is 5.02 Å². The number of hydrogen-bond donors (Lipinski definition) is 1. The Morgan fingerprint density at radius 1 is 1.50 bits per heavy atom. The van der Waals surface area contributed by atoms with Crippen LogP contribution in [0.5, 0.6) is 0 Å². The van der Waals surface area contributed by atoms with Gasteiger partial charge >= 0.3 is 0 Å². The van der Waals surface area contributed by atoms with Gasteiger partial charge < -0.3 is 5.32 Å². The molecule has 0 bridgehead atoms. The van der Waals surface area contributed by atoms with E-state index in [1.165, 1.54) is 16.6 Å². The smallest absolute Gasteiger partial charge is 0.244 e. The lowest BCUT2D eigenvalue weighted by molar-refractivity contribution is 0.341. The van der Waals surface area contributed by atoms with Gasteiger partial charge in [0.15, 0.2) is 0 Å². The molecule has 1 fully saturated rings. The third-order valence-electron chi connectivity index (χ3n) is 3.37. The number of rotatable bonds is 6. The number of nitrogens with zero attached hydrogens (tertiary/aromatic N) is 2. The molecule has 0 amide bonds. The quantitative estimate of drug-likeness (QED) is 0.876. The van der Waals surface area contributed by atoms with Crippen molar-refractivity contribution < 1.29 is 8.42 Å². The maximum absolute atomic E-state index is 12.7. The molecule has 20 heavy (non-hydrogen) atoms. The summed E-state index contributed by atoms with van der Waals surface area (Å²) in [7, 11) is -1.85. The summed E-state index contributed by atoms with van der Waals surface area (Å²) in [5.74, 6) is 0.969. The molecule has 0 atom stereocenters. The average molecular weight is 318 g/mol. The Labute approximate surface area is 125 Å². The van der Waals surface area contributed by atoms with Crippen molar-refractivity contribution in [2.24, 2.45) is 5.92 Å². The molecule has 2 rings (SSSR count). The first-order valence-electron chi connectivity index (χ1n) is 6.71. The van der Waals surface area contributed by atoms with Gasteiger partial charge in [-0.15, -0.1) is 0 Å². The van der Waals surface area contributed by atoms with Crippen LogP contribution in [0.3, 0.4) is 0 Å². The molecule has 1 aliphatic rings. The molecule has 1 heterocycles. The lowest BCUT2D eigenvalue weighted by Gasteiger charge is -2.26. The fraction of sp³-hybridized carbons (Fsp3) is 0.615. The van der Waals surface area contributed by atoms with Crippen LogP contribution in [0.25, 0.3) is 0 Å². The zero-order valence-electron chi connectivity index (χ0n) is 11.9. The molecular weight excluding hydrogens is 298 g/mol. The van der Waals surface area contributed by atoms with Gasteiger partial charge in [-0.25, -0.2) is 13.4 Å². The summed E-state index contributed by atoms with van der Waals surface area (Å²) in [5, 5.41) is 3.13. The highest BCUT2D eigenvalue weighted by molar-refractivity contribution is 7.89. The van der Waals surface area contributed by atoms with E-state index in [0.29, 0.717) is 23.3 Å². The van der Waals surface area contributed by atoms with Crippen molar-refractivity contribution in [1.29, 1.82) is 0 Å². The number of aromatic nitrogens is 1. The lowest BCUT2D eigenvalue weighted by atomic mass is 10.3. The highest BCUT2D eigenvalue weighted by atomic mass is 35.5. The van der Waals surface area contributed by atoms with E-state index >= 15 is 0 Å². The number of anilines is 1. The largest absolute Gasteiger partial charge is 0.372 e. The Morgan fingerprint density at radius 3 is 2.60 bits per heavy atom. The van der Waals surface area contributed by atoms with Gasteiger partial charge in [-0.05, 0) is 38.7 Å². The van der Waals surface area contributed by atoms with Crippen molar-refractivity contribution in [2.75, 3.05) is 18.9 Å². The predicted molar refractivity (Wildman–Crippen MR) is 80.5 cm³/mol. The van der Waals surface area contributed by atoms with Crippen molar-refractivity contribution in [3.63, 3.8) is 0 Å². The molecule has 1 N–H and O–H groups in total. The number of halogens is 1. The topological polar surface area (TPSA) is 62.3 Å². The molecular formula is C13H20ClN3O2S. The second kappa shape index (κ2) is 5.87. The summed E-state index contributed by atoms with van der Waals surface area (Å²) in [6.07, 6.45) is 3.57. The SMILES string of the molecule is CNc1ncc(S(=O)(=O)N(CC2CC2)C(C)C)cc1Cl. The minimum absolute atomic E-state index is 0.0802. The van der Waals surface area contributed by atoms with E-state index < -0.39 is 10.0 Å². The standard InChI is InChI=1S/C13H20ClN3O2S/c1-9(2)17(8-10-4-5-10)20(18,19)11-6-12(14)13(15-3)16-7-11/h6-7,9-10H,4-5,8H2,1-3H3,(H,15,16). The molecule has 1 aliphatic carbocycles. The molecule has 0 aromatic carbocycles. The van der Waals surface area contributed by atoms with Crippen LogP contribution in [0.4, 0.5) is 5.82 Å². The van der Waals surface area contributed by atoms with Gasteiger partial charge in [0.25, 0.3) is 0 Å². The normalized spacial score (nSPS) is 15.9. The molecule has 0 spiro atoms. The maximum Gasteiger partial charge on any atom is 0.244 e. The predicted octanol–water partition coefficient (Wildman–Crippen LogP) is 2.59. The third-order valence-corrected chi connectivity index (χ3v) is 5.67. The van der Waals surface area contributed by atoms with Crippen LogP contribution in [-0.4, -0.2) is 37.3 Å². The summed E-state index contributed by atoms with van der Waals surface area (Å²) < 4.78 is 26.9. The van der Waals surface area contributed by atoms with Crippen molar-refractivity contribution in [3.05, 3.63) is 17.3 Å². The zero-order valence-corrected chi connectivity index (χ0v) is 13.5. The van der Waals surface area contributed by atoms with Crippen LogP contribution in [0.2, 0.25) is 5.02 Å². The number of sulfonamides is 1. The molecule has 0 saturated heterocycles. The van der Waals surface area contributed by atoms with E-state index in [9.17, 15) is 8.42 Å². The minimum Gasteiger partial charge on any atom is -0.372 e.